The van der Waals surface area contributed by atoms with Gasteiger partial charge in [0.25, 0.3) is 5.91 Å². The molecule has 0 saturated heterocycles. The lowest BCUT2D eigenvalue weighted by Crippen LogP contribution is -2.32. The largest absolute Gasteiger partial charge is 0.481 e. The van der Waals surface area contributed by atoms with E-state index in [2.05, 4.69) is 0 Å². The van der Waals surface area contributed by atoms with E-state index in [1.165, 1.54) is 0 Å². The summed E-state index contributed by atoms with van der Waals surface area (Å²) >= 11 is 0. The third-order valence-electron chi connectivity index (χ3n) is 4.57. The molecule has 1 heterocycles. The van der Waals surface area contributed by atoms with Crippen molar-refractivity contribution in [1.82, 2.24) is 4.90 Å². The van der Waals surface area contributed by atoms with Gasteiger partial charge < -0.3 is 10.0 Å². The van der Waals surface area contributed by atoms with Crippen LogP contribution in [0.1, 0.15) is 41.6 Å². The van der Waals surface area contributed by atoms with Gasteiger partial charge in [0.1, 0.15) is 0 Å². The maximum Gasteiger partial charge on any atom is 0.306 e. The van der Waals surface area contributed by atoms with Crippen molar-refractivity contribution in [2.45, 2.75) is 32.2 Å². The summed E-state index contributed by atoms with van der Waals surface area (Å²) in [6.07, 6.45) is 3.32. The Labute approximate surface area is 118 Å². The van der Waals surface area contributed by atoms with Gasteiger partial charge in [0.2, 0.25) is 0 Å². The highest BCUT2D eigenvalue weighted by Crippen LogP contribution is 2.31. The Kier molecular flexibility index (Phi) is 3.47. The lowest BCUT2D eigenvalue weighted by Gasteiger charge is -2.29. The van der Waals surface area contributed by atoms with E-state index in [1.807, 2.05) is 29.2 Å². The number of hydrogen-bond acceptors (Lipinski definition) is 2. The van der Waals surface area contributed by atoms with Crippen LogP contribution in [0.4, 0.5) is 0 Å². The van der Waals surface area contributed by atoms with Crippen LogP contribution >= 0.6 is 0 Å². The molecule has 4 heteroatoms. The van der Waals surface area contributed by atoms with E-state index in [9.17, 15) is 9.59 Å². The van der Waals surface area contributed by atoms with E-state index >= 15 is 0 Å². The number of nitrogens with zero attached hydrogens (tertiary/aromatic N) is 1. The fraction of sp³-hybridized carbons (Fsp3) is 0.500. The van der Waals surface area contributed by atoms with Crippen molar-refractivity contribution in [2.24, 2.45) is 11.8 Å². The number of hydrogen-bond donors (Lipinski definition) is 1. The highest BCUT2D eigenvalue weighted by atomic mass is 16.4. The monoisotopic (exact) mass is 273 g/mol. The van der Waals surface area contributed by atoms with Crippen molar-refractivity contribution in [1.29, 1.82) is 0 Å². The molecule has 0 spiro atoms. The van der Waals surface area contributed by atoms with Crippen molar-refractivity contribution in [3.05, 3.63) is 35.4 Å². The first-order chi connectivity index (χ1) is 9.65. The first-order valence-electron chi connectivity index (χ1n) is 7.25. The molecule has 4 nitrogen and oxygen atoms in total. The molecule has 2 aliphatic rings. The highest BCUT2D eigenvalue weighted by Gasteiger charge is 2.31. The second kappa shape index (κ2) is 5.27. The second-order valence-electron chi connectivity index (χ2n) is 5.90. The number of carbonyl (C=O) groups excluding carboxylic acids is 1. The summed E-state index contributed by atoms with van der Waals surface area (Å²) in [6.45, 7) is 1.47. The van der Waals surface area contributed by atoms with Crippen LogP contribution in [0.2, 0.25) is 0 Å². The van der Waals surface area contributed by atoms with Gasteiger partial charge in [-0.3, -0.25) is 9.59 Å². The number of aliphatic carboxylic acids is 1. The van der Waals surface area contributed by atoms with E-state index < -0.39 is 5.97 Å². The van der Waals surface area contributed by atoms with Crippen LogP contribution in [0.3, 0.4) is 0 Å². The van der Waals surface area contributed by atoms with Gasteiger partial charge >= 0.3 is 5.97 Å². The summed E-state index contributed by atoms with van der Waals surface area (Å²) in [5.41, 5.74) is 1.93. The topological polar surface area (TPSA) is 57.6 Å². The lowest BCUT2D eigenvalue weighted by atomic mass is 9.82. The highest BCUT2D eigenvalue weighted by molar-refractivity contribution is 5.98. The Bertz CT molecular complexity index is 532. The molecule has 0 atom stereocenters. The van der Waals surface area contributed by atoms with E-state index in [0.717, 1.165) is 43.4 Å². The number of fused-ring (bicyclic) bond motifs is 1. The van der Waals surface area contributed by atoms with Gasteiger partial charge in [-0.1, -0.05) is 18.2 Å². The van der Waals surface area contributed by atoms with Gasteiger partial charge in [0, 0.05) is 18.7 Å². The number of carboxylic acid groups (broad SMARTS) is 1. The van der Waals surface area contributed by atoms with Crippen LogP contribution in [0.5, 0.6) is 0 Å². The third-order valence-corrected chi connectivity index (χ3v) is 4.57. The molecule has 0 aromatic heterocycles. The Morgan fingerprint density at radius 3 is 2.55 bits per heavy atom. The zero-order valence-corrected chi connectivity index (χ0v) is 11.4. The van der Waals surface area contributed by atoms with Gasteiger partial charge in [-0.2, -0.15) is 0 Å². The summed E-state index contributed by atoms with van der Waals surface area (Å²) < 4.78 is 0. The van der Waals surface area contributed by atoms with Crippen LogP contribution < -0.4 is 0 Å². The van der Waals surface area contributed by atoms with Crippen molar-refractivity contribution >= 4 is 11.9 Å². The van der Waals surface area contributed by atoms with Crippen LogP contribution in [-0.4, -0.2) is 28.4 Å². The van der Waals surface area contributed by atoms with E-state index in [0.29, 0.717) is 12.5 Å². The van der Waals surface area contributed by atoms with Crippen LogP contribution in [0.15, 0.2) is 24.3 Å². The van der Waals surface area contributed by atoms with Crippen molar-refractivity contribution in [2.75, 3.05) is 6.54 Å². The second-order valence-corrected chi connectivity index (χ2v) is 5.90. The molecule has 20 heavy (non-hydrogen) atoms. The molecule has 3 rings (SSSR count). The molecule has 0 bridgehead atoms. The predicted octanol–water partition coefficient (Wildman–Crippen LogP) is 2.53. The minimum absolute atomic E-state index is 0.126. The number of carbonyl (C=O) groups is 2. The zero-order chi connectivity index (χ0) is 14.1. The van der Waals surface area contributed by atoms with Crippen LogP contribution in [0, 0.1) is 11.8 Å². The average molecular weight is 273 g/mol. The molecule has 106 valence electrons. The molecule has 1 fully saturated rings. The molecular weight excluding hydrogens is 254 g/mol. The number of benzene rings is 1. The molecule has 0 unspecified atom stereocenters. The summed E-state index contributed by atoms with van der Waals surface area (Å²) in [5.74, 6) is -0.282. The molecule has 1 aliphatic heterocycles. The van der Waals surface area contributed by atoms with Crippen LogP contribution in [-0.2, 0) is 11.3 Å². The third kappa shape index (κ3) is 2.42. The number of carboxylic acids is 1. The fourth-order valence-corrected chi connectivity index (χ4v) is 3.37. The minimum Gasteiger partial charge on any atom is -0.481 e. The molecule has 1 amide bonds. The van der Waals surface area contributed by atoms with E-state index in [4.69, 9.17) is 5.11 Å². The fourth-order valence-electron chi connectivity index (χ4n) is 3.37. The smallest absolute Gasteiger partial charge is 0.306 e. The summed E-state index contributed by atoms with van der Waals surface area (Å²) in [7, 11) is 0. The lowest BCUT2D eigenvalue weighted by molar-refractivity contribution is -0.143. The normalized spacial score (nSPS) is 25.6. The van der Waals surface area contributed by atoms with Gasteiger partial charge in [0.15, 0.2) is 0 Å². The summed E-state index contributed by atoms with van der Waals surface area (Å²) in [5, 5.41) is 9.00. The van der Waals surface area contributed by atoms with Gasteiger partial charge in [-0.15, -0.1) is 0 Å². The Morgan fingerprint density at radius 2 is 1.90 bits per heavy atom. The standard InChI is InChI=1S/C16H19NO3/c18-15-14-4-2-1-3-13(14)10-17(15)9-11-5-7-12(8-6-11)16(19)20/h1-4,11-12H,5-10H2,(H,19,20). The average Bonchev–Trinajstić information content (AvgIpc) is 2.77. The Balaban J connectivity index is 1.59. The van der Waals surface area contributed by atoms with Crippen molar-refractivity contribution in [3.8, 4) is 0 Å². The molecule has 1 aromatic rings. The summed E-state index contributed by atoms with van der Waals surface area (Å²) in [6, 6.07) is 7.76. The molecule has 1 aromatic carbocycles. The number of rotatable bonds is 3. The molecule has 1 N–H and O–H groups in total. The summed E-state index contributed by atoms with van der Waals surface area (Å²) in [4.78, 5) is 25.1. The van der Waals surface area contributed by atoms with Gasteiger partial charge in [-0.25, -0.2) is 0 Å². The van der Waals surface area contributed by atoms with Crippen molar-refractivity contribution in [3.63, 3.8) is 0 Å². The van der Waals surface area contributed by atoms with E-state index in [1.54, 1.807) is 0 Å². The molecule has 1 aliphatic carbocycles. The number of amides is 1. The Hall–Kier alpha value is -1.84. The van der Waals surface area contributed by atoms with Crippen LogP contribution in [0.25, 0.3) is 0 Å². The van der Waals surface area contributed by atoms with E-state index in [-0.39, 0.29) is 11.8 Å². The van der Waals surface area contributed by atoms with Crippen molar-refractivity contribution < 1.29 is 14.7 Å². The first-order valence-corrected chi connectivity index (χ1v) is 7.25. The Morgan fingerprint density at radius 1 is 1.20 bits per heavy atom. The van der Waals surface area contributed by atoms with Gasteiger partial charge in [-0.05, 0) is 43.2 Å². The SMILES string of the molecule is O=C(O)C1CCC(CN2Cc3ccccc3C2=O)CC1. The predicted molar refractivity (Wildman–Crippen MR) is 74.3 cm³/mol. The quantitative estimate of drug-likeness (QED) is 0.920. The zero-order valence-electron chi connectivity index (χ0n) is 11.4. The maximum absolute atomic E-state index is 12.3. The van der Waals surface area contributed by atoms with Gasteiger partial charge in [0.05, 0.1) is 5.92 Å². The maximum atomic E-state index is 12.3. The minimum atomic E-state index is -0.673. The molecule has 0 radical (unpaired) electrons. The first kappa shape index (κ1) is 13.2. The molecular formula is C16H19NO3. The molecule has 1 saturated carbocycles.